The van der Waals surface area contributed by atoms with Gasteiger partial charge >= 0.3 is 6.03 Å². The average molecular weight is 559 g/mol. The van der Waals surface area contributed by atoms with Crippen LogP contribution in [0.15, 0.2) is 72.9 Å². The van der Waals surface area contributed by atoms with E-state index >= 15 is 0 Å². The van der Waals surface area contributed by atoms with Crippen LogP contribution in [0.3, 0.4) is 0 Å². The molecule has 0 aliphatic carbocycles. The quantitative estimate of drug-likeness (QED) is 0.234. The summed E-state index contributed by atoms with van der Waals surface area (Å²) in [5, 5.41) is 4.02. The number of rotatable bonds is 13. The number of hydrogen-bond acceptors (Lipinski definition) is 5. The molecule has 0 aliphatic rings. The molecule has 3 amide bonds. The van der Waals surface area contributed by atoms with Crippen molar-refractivity contribution < 1.29 is 23.8 Å². The molecule has 1 heterocycles. The number of para-hydroxylation sites is 1. The second-order valence-electron chi connectivity index (χ2n) is 9.82. The van der Waals surface area contributed by atoms with Gasteiger partial charge in [-0.2, -0.15) is 0 Å². The molecule has 0 aliphatic heterocycles. The number of H-pyrrole nitrogens is 1. The topological polar surface area (TPSA) is 96.1 Å². The molecule has 0 unspecified atom stereocenters. The van der Waals surface area contributed by atoms with Crippen molar-refractivity contribution in [3.63, 3.8) is 0 Å². The molecule has 0 saturated heterocycles. The predicted octanol–water partition coefficient (Wildman–Crippen LogP) is 5.25. The molecule has 4 aromatic rings. The van der Waals surface area contributed by atoms with Crippen molar-refractivity contribution in [1.29, 1.82) is 0 Å². The van der Waals surface area contributed by atoms with Crippen molar-refractivity contribution in [2.45, 2.75) is 19.9 Å². The highest BCUT2D eigenvalue weighted by Gasteiger charge is 2.23. The number of aromatic amines is 1. The maximum absolute atomic E-state index is 13.8. The van der Waals surface area contributed by atoms with Gasteiger partial charge in [0.15, 0.2) is 0 Å². The summed E-state index contributed by atoms with van der Waals surface area (Å²) in [6.45, 7) is 3.40. The monoisotopic (exact) mass is 558 g/mol. The van der Waals surface area contributed by atoms with Gasteiger partial charge in [0.2, 0.25) is 5.91 Å². The molecule has 216 valence electrons. The molecular formula is C32H38N4O5. The molecule has 0 radical (unpaired) electrons. The van der Waals surface area contributed by atoms with E-state index in [1.807, 2.05) is 60.5 Å². The first-order valence-electron chi connectivity index (χ1n) is 13.6. The minimum atomic E-state index is -0.425. The number of benzene rings is 3. The van der Waals surface area contributed by atoms with Crippen molar-refractivity contribution >= 4 is 28.5 Å². The third-order valence-electron chi connectivity index (χ3n) is 7.00. The van der Waals surface area contributed by atoms with E-state index < -0.39 is 6.03 Å². The number of hydrogen-bond donors (Lipinski definition) is 2. The van der Waals surface area contributed by atoms with Crippen LogP contribution in [-0.4, -0.2) is 74.3 Å². The lowest BCUT2D eigenvalue weighted by Gasteiger charge is -2.28. The maximum atomic E-state index is 13.8. The standard InChI is InChI=1S/C32H38N4O5/c1-23-9-11-24(12-10-23)21-35(16-15-25-20-33-28-8-6-5-7-27(25)28)31(37)22-36(17-18-39-2)32(38)34-29-14-13-26(40-3)19-30(29)41-4/h5-14,19-20,33H,15-18,21-22H2,1-4H3,(H,34,38). The molecule has 41 heavy (non-hydrogen) atoms. The number of carbonyl (C=O) groups is 2. The molecule has 3 aromatic carbocycles. The van der Waals surface area contributed by atoms with E-state index in [9.17, 15) is 9.59 Å². The van der Waals surface area contributed by atoms with E-state index in [1.54, 1.807) is 32.4 Å². The van der Waals surface area contributed by atoms with Crippen molar-refractivity contribution in [1.82, 2.24) is 14.8 Å². The summed E-state index contributed by atoms with van der Waals surface area (Å²) < 4.78 is 15.9. The lowest BCUT2D eigenvalue weighted by atomic mass is 10.1. The van der Waals surface area contributed by atoms with Crippen LogP contribution >= 0.6 is 0 Å². The zero-order chi connectivity index (χ0) is 29.2. The van der Waals surface area contributed by atoms with E-state index in [1.165, 1.54) is 12.0 Å². The van der Waals surface area contributed by atoms with Crippen LogP contribution in [0.2, 0.25) is 0 Å². The third-order valence-corrected chi connectivity index (χ3v) is 7.00. The normalized spacial score (nSPS) is 10.8. The van der Waals surface area contributed by atoms with Crippen LogP contribution in [0.4, 0.5) is 10.5 Å². The predicted molar refractivity (Wildman–Crippen MR) is 161 cm³/mol. The van der Waals surface area contributed by atoms with Gasteiger partial charge < -0.3 is 34.3 Å². The van der Waals surface area contributed by atoms with Crippen LogP contribution in [0, 0.1) is 6.92 Å². The Bertz CT molecular complexity index is 1450. The van der Waals surface area contributed by atoms with Gasteiger partial charge in [-0.3, -0.25) is 4.79 Å². The molecule has 9 heteroatoms. The lowest BCUT2D eigenvalue weighted by Crippen LogP contribution is -2.46. The van der Waals surface area contributed by atoms with Gasteiger partial charge in [0.05, 0.1) is 26.5 Å². The van der Waals surface area contributed by atoms with Crippen molar-refractivity contribution in [3.8, 4) is 11.5 Å². The SMILES string of the molecule is COCCN(CC(=O)N(CCc1c[nH]c2ccccc12)Cc1ccc(C)cc1)C(=O)Nc1ccc(OC)cc1OC. The summed E-state index contributed by atoms with van der Waals surface area (Å²) in [5.41, 5.74) is 4.86. The fourth-order valence-electron chi connectivity index (χ4n) is 4.61. The number of amides is 3. The molecule has 4 rings (SSSR count). The number of ether oxygens (including phenoxy) is 3. The second kappa shape index (κ2) is 14.2. The van der Waals surface area contributed by atoms with Gasteiger partial charge in [-0.25, -0.2) is 4.79 Å². The van der Waals surface area contributed by atoms with E-state index in [0.29, 0.717) is 36.7 Å². The van der Waals surface area contributed by atoms with Crippen LogP contribution in [0.1, 0.15) is 16.7 Å². The van der Waals surface area contributed by atoms with Crippen LogP contribution in [0.25, 0.3) is 10.9 Å². The smallest absolute Gasteiger partial charge is 0.322 e. The second-order valence-corrected chi connectivity index (χ2v) is 9.82. The Morgan fingerprint density at radius 3 is 2.41 bits per heavy atom. The van der Waals surface area contributed by atoms with Gasteiger partial charge in [-0.15, -0.1) is 0 Å². The molecular weight excluding hydrogens is 520 g/mol. The van der Waals surface area contributed by atoms with Crippen LogP contribution in [0.5, 0.6) is 11.5 Å². The summed E-state index contributed by atoms with van der Waals surface area (Å²) in [6.07, 6.45) is 2.68. The zero-order valence-electron chi connectivity index (χ0n) is 24.1. The number of nitrogens with one attached hydrogen (secondary N) is 2. The maximum Gasteiger partial charge on any atom is 0.322 e. The Hall–Kier alpha value is -4.50. The van der Waals surface area contributed by atoms with Crippen molar-refractivity contribution in [2.24, 2.45) is 0 Å². The molecule has 0 spiro atoms. The third kappa shape index (κ3) is 7.79. The largest absolute Gasteiger partial charge is 0.497 e. The first-order valence-corrected chi connectivity index (χ1v) is 13.6. The van der Waals surface area contributed by atoms with Gasteiger partial charge in [0.25, 0.3) is 0 Å². The Morgan fingerprint density at radius 2 is 1.68 bits per heavy atom. The summed E-state index contributed by atoms with van der Waals surface area (Å²) in [7, 11) is 4.65. The number of methoxy groups -OCH3 is 3. The first-order chi connectivity index (χ1) is 19.9. The van der Waals surface area contributed by atoms with Gasteiger partial charge in [-0.05, 0) is 42.7 Å². The number of anilines is 1. The number of fused-ring (bicyclic) bond motifs is 1. The van der Waals surface area contributed by atoms with Crippen LogP contribution < -0.4 is 14.8 Å². The Labute approximate surface area is 241 Å². The fraction of sp³-hybridized carbons (Fsp3) is 0.312. The van der Waals surface area contributed by atoms with E-state index in [-0.39, 0.29) is 25.6 Å². The highest BCUT2D eigenvalue weighted by Crippen LogP contribution is 2.29. The summed E-state index contributed by atoms with van der Waals surface area (Å²) in [4.78, 5) is 33.8. The Kier molecular flexibility index (Phi) is 10.2. The molecule has 2 N–H and O–H groups in total. The lowest BCUT2D eigenvalue weighted by molar-refractivity contribution is -0.132. The summed E-state index contributed by atoms with van der Waals surface area (Å²) >= 11 is 0. The molecule has 0 saturated carbocycles. The minimum Gasteiger partial charge on any atom is -0.497 e. The number of carbonyl (C=O) groups excluding carboxylic acids is 2. The summed E-state index contributed by atoms with van der Waals surface area (Å²) in [6, 6.07) is 21.0. The van der Waals surface area contributed by atoms with Gasteiger partial charge in [0, 0.05) is 49.9 Å². The van der Waals surface area contributed by atoms with Crippen molar-refractivity contribution in [2.75, 3.05) is 52.9 Å². The van der Waals surface area contributed by atoms with Gasteiger partial charge in [-0.1, -0.05) is 48.0 Å². The Morgan fingerprint density at radius 1 is 0.902 bits per heavy atom. The molecule has 1 aromatic heterocycles. The molecule has 0 fully saturated rings. The zero-order valence-corrected chi connectivity index (χ0v) is 24.1. The highest BCUT2D eigenvalue weighted by molar-refractivity contribution is 5.93. The highest BCUT2D eigenvalue weighted by atomic mass is 16.5. The Balaban J connectivity index is 1.52. The molecule has 9 nitrogen and oxygen atoms in total. The number of aryl methyl sites for hydroxylation is 1. The van der Waals surface area contributed by atoms with E-state index in [0.717, 1.165) is 27.6 Å². The van der Waals surface area contributed by atoms with Crippen LogP contribution in [-0.2, 0) is 22.5 Å². The van der Waals surface area contributed by atoms with Crippen molar-refractivity contribution in [3.05, 3.63) is 89.6 Å². The number of nitrogens with zero attached hydrogens (tertiary/aromatic N) is 2. The van der Waals surface area contributed by atoms with Gasteiger partial charge in [0.1, 0.15) is 18.0 Å². The fourth-order valence-corrected chi connectivity index (χ4v) is 4.61. The number of aromatic nitrogens is 1. The molecule has 0 bridgehead atoms. The minimum absolute atomic E-state index is 0.104. The molecule has 0 atom stereocenters. The summed E-state index contributed by atoms with van der Waals surface area (Å²) in [5.74, 6) is 0.905. The number of urea groups is 1. The van der Waals surface area contributed by atoms with E-state index in [4.69, 9.17) is 14.2 Å². The first kappa shape index (κ1) is 29.5. The average Bonchev–Trinajstić information content (AvgIpc) is 3.41. The van der Waals surface area contributed by atoms with E-state index in [2.05, 4.69) is 16.4 Å².